The number of nitrogens with two attached hydrogens (primary N) is 2. The number of piperazine rings is 2. The summed E-state index contributed by atoms with van der Waals surface area (Å²) in [5, 5.41) is 18.1. The van der Waals surface area contributed by atoms with Gasteiger partial charge >= 0.3 is 35.6 Å². The number of benzene rings is 2. The van der Waals surface area contributed by atoms with Gasteiger partial charge < -0.3 is 51.1 Å². The third-order valence-electron chi connectivity index (χ3n) is 21.9. The first-order valence-corrected chi connectivity index (χ1v) is 37.5. The maximum absolute atomic E-state index is 13.3. The molecule has 2 unspecified atom stereocenters. The average molecular weight is 1450 g/mol. The number of aromatic nitrogens is 4. The molecule has 2 aromatic heterocycles. The Bertz CT molecular complexity index is 3800. The van der Waals surface area contributed by atoms with Crippen LogP contribution in [0.25, 0.3) is 11.4 Å². The number of hydrogen-bond acceptors (Lipinski definition) is 15. The van der Waals surface area contributed by atoms with Crippen LogP contribution in [0.15, 0.2) is 70.5 Å². The molecule has 6 fully saturated rings. The number of aryl methyl sites for hydroxylation is 2. The quantitative estimate of drug-likeness (QED) is 0.0610. The number of carbonyl (C=O) groups is 6. The largest absolute Gasteiger partial charge is 0.465 e. The molecule has 8 amide bonds. The molecule has 0 bridgehead atoms. The van der Waals surface area contributed by atoms with Crippen molar-refractivity contribution in [1.82, 2.24) is 58.7 Å². The summed E-state index contributed by atoms with van der Waals surface area (Å²) < 4.78 is 8.34. The van der Waals surface area contributed by atoms with E-state index in [1.54, 1.807) is 97.5 Å². The standard InChI is InChI=1S/C43H64N8O7.C33H48N8O3.ClH/c1-41(2,3)51(40(56)57)32-17-15-31(16-18-32)50(27-28-9-10-28)34-14-12-29-25-33(13-11-30(29)26-34)49-20-19-35(45-38(49)54)44-37(53)48-23-21-47(22-24-48)36(52)43(7,8)46-39(55)58-42(4,5)6;1-33(2,35)30(42)38-15-17-39(18-16-38)31(43)36-29-13-14-40(32(44)37-29)27-9-5-24-20-28(10-6-23(24)19-27)41(21-22-3-4-22)26-11-7-25(34)8-12-26;/h11,13,19-20,25,28,31-32,34H,9-10,12,14-18,21-24,26-27H2,1-8H3,(H,46,55)(H,56,57)(H,44,45,53,54);5,9,13-14,19,22,25-26,28H,3-4,6-8,10-12,15-18,20-21,34-35H2,1-2H3,(H,36,37,43,44);1H/t31-,32-,34?;25-,26-,28?;. The van der Waals surface area contributed by atoms with Gasteiger partial charge in [-0.25, -0.2) is 28.8 Å². The van der Waals surface area contributed by atoms with E-state index in [9.17, 15) is 43.5 Å². The molecule has 4 heterocycles. The van der Waals surface area contributed by atoms with E-state index in [0.29, 0.717) is 56.4 Å². The van der Waals surface area contributed by atoms with Crippen LogP contribution >= 0.6 is 12.4 Å². The van der Waals surface area contributed by atoms with E-state index in [0.717, 1.165) is 107 Å². The Kier molecular flexibility index (Phi) is 24.5. The molecule has 564 valence electrons. The first-order valence-electron chi connectivity index (χ1n) is 37.5. The van der Waals surface area contributed by atoms with Gasteiger partial charge in [-0.1, -0.05) is 12.1 Å². The summed E-state index contributed by atoms with van der Waals surface area (Å²) in [4.78, 5) is 125. The molecule has 2 aliphatic heterocycles. The summed E-state index contributed by atoms with van der Waals surface area (Å²) in [5.74, 6) is 1.57. The summed E-state index contributed by atoms with van der Waals surface area (Å²) in [7, 11) is 0. The summed E-state index contributed by atoms with van der Waals surface area (Å²) in [5.41, 5.74) is 14.7. The predicted octanol–water partition coefficient (Wildman–Crippen LogP) is 8.78. The van der Waals surface area contributed by atoms with Gasteiger partial charge in [-0.05, 0) is 255 Å². The van der Waals surface area contributed by atoms with Gasteiger partial charge in [0.25, 0.3) is 0 Å². The Morgan fingerprint density at radius 3 is 1.30 bits per heavy atom. The van der Waals surface area contributed by atoms with Gasteiger partial charge in [-0.3, -0.25) is 39.2 Å². The van der Waals surface area contributed by atoms with Crippen LogP contribution in [0.4, 0.5) is 30.8 Å². The van der Waals surface area contributed by atoms with Crippen LogP contribution in [0, 0.1) is 11.8 Å². The van der Waals surface area contributed by atoms with Crippen LogP contribution in [-0.2, 0) is 40.0 Å². The Balaban J connectivity index is 0.000000227. The van der Waals surface area contributed by atoms with Crippen molar-refractivity contribution in [2.75, 3.05) is 76.1 Å². The van der Waals surface area contributed by atoms with Crippen LogP contribution < -0.4 is 38.8 Å². The van der Waals surface area contributed by atoms with Gasteiger partial charge in [-0.15, -0.1) is 12.4 Å². The van der Waals surface area contributed by atoms with Gasteiger partial charge in [0.15, 0.2) is 0 Å². The minimum atomic E-state index is -1.19. The Morgan fingerprint density at radius 2 is 0.922 bits per heavy atom. The topological polar surface area (TPSA) is 312 Å². The molecule has 4 saturated carbocycles. The van der Waals surface area contributed by atoms with Crippen molar-refractivity contribution in [1.29, 1.82) is 0 Å². The fourth-order valence-corrected chi connectivity index (χ4v) is 16.1. The molecule has 2 atom stereocenters. The monoisotopic (exact) mass is 1440 g/mol. The maximum atomic E-state index is 13.3. The number of anilines is 2. The highest BCUT2D eigenvalue weighted by Crippen LogP contribution is 2.40. The average Bonchev–Trinajstić information content (AvgIpc) is 1.56. The Hall–Kier alpha value is -7.65. The first-order chi connectivity index (χ1) is 48.2. The van der Waals surface area contributed by atoms with Gasteiger partial charge in [-0.2, -0.15) is 9.97 Å². The number of halogens is 1. The van der Waals surface area contributed by atoms with E-state index in [1.807, 2.05) is 32.9 Å². The molecule has 26 nitrogen and oxygen atoms in total. The number of hydrogen-bond donors (Lipinski definition) is 6. The van der Waals surface area contributed by atoms with Gasteiger partial charge in [0, 0.05) is 120 Å². The van der Waals surface area contributed by atoms with E-state index in [1.165, 1.54) is 76.5 Å². The Morgan fingerprint density at radius 1 is 0.524 bits per heavy atom. The molecule has 103 heavy (non-hydrogen) atoms. The molecule has 0 spiro atoms. The third kappa shape index (κ3) is 20.0. The van der Waals surface area contributed by atoms with Gasteiger partial charge in [0.2, 0.25) is 11.8 Å². The molecule has 0 radical (unpaired) electrons. The van der Waals surface area contributed by atoms with E-state index in [-0.39, 0.29) is 74.1 Å². The summed E-state index contributed by atoms with van der Waals surface area (Å²) in [6.07, 6.45) is 21.7. The van der Waals surface area contributed by atoms with Crippen molar-refractivity contribution in [3.8, 4) is 11.4 Å². The molecular weight excluding hydrogens is 1330 g/mol. The predicted molar refractivity (Wildman–Crippen MR) is 399 cm³/mol. The molecule has 27 heteroatoms. The number of carbonyl (C=O) groups excluding carboxylic acids is 5. The smallest absolute Gasteiger partial charge is 0.408 e. The molecule has 12 rings (SSSR count). The van der Waals surface area contributed by atoms with Crippen LogP contribution in [0.2, 0.25) is 0 Å². The number of ether oxygens (including phenoxy) is 1. The fourth-order valence-electron chi connectivity index (χ4n) is 16.1. The highest BCUT2D eigenvalue weighted by Gasteiger charge is 2.42. The number of fused-ring (bicyclic) bond motifs is 2. The van der Waals surface area contributed by atoms with Crippen molar-refractivity contribution in [3.05, 3.63) is 104 Å². The zero-order valence-corrected chi connectivity index (χ0v) is 63.1. The normalized spacial score (nSPS) is 22.5. The zero-order valence-electron chi connectivity index (χ0n) is 62.3. The lowest BCUT2D eigenvalue weighted by Gasteiger charge is -2.47. The second-order valence-corrected chi connectivity index (χ2v) is 33.2. The number of alkyl carbamates (subject to hydrolysis) is 1. The minimum Gasteiger partial charge on any atom is -0.465 e. The number of rotatable bonds is 16. The van der Waals surface area contributed by atoms with Crippen LogP contribution in [-0.4, -0.2) is 218 Å². The highest BCUT2D eigenvalue weighted by atomic mass is 35.5. The molecular formula is C76H113ClN16O10. The summed E-state index contributed by atoms with van der Waals surface area (Å²) in [6.45, 7) is 22.8. The van der Waals surface area contributed by atoms with Crippen LogP contribution in [0.1, 0.15) is 181 Å². The van der Waals surface area contributed by atoms with Gasteiger partial charge in [0.05, 0.1) is 16.9 Å². The minimum absolute atomic E-state index is 0. The molecule has 4 aromatic rings. The number of amides is 8. The van der Waals surface area contributed by atoms with E-state index in [2.05, 4.69) is 60.0 Å². The maximum Gasteiger partial charge on any atom is 0.408 e. The summed E-state index contributed by atoms with van der Waals surface area (Å²) in [6, 6.07) is 17.6. The zero-order chi connectivity index (χ0) is 73.2. The lowest BCUT2D eigenvalue weighted by molar-refractivity contribution is -0.138. The second-order valence-electron chi connectivity index (χ2n) is 33.2. The molecule has 8 aliphatic rings. The lowest BCUT2D eigenvalue weighted by atomic mass is 9.83. The SMILES string of the molecule is CC(C)(C)OC(=O)NC(C)(C)C(=O)N1CCN(C(=O)Nc2ccn(-c3ccc4c(c3)CCC(N(CC3CC3)[C@H]3CC[C@H](N(C(=O)O)C(C)(C)C)CC3)C4)c(=O)n2)CC1.CC(C)(N)C(=O)N1CCN(C(=O)Nc2ccn(-c3ccc4c(c3)CCC(N(CC3CC3)[C@H]3CC[C@H](N)CC3)C4)c(=O)n2)CC1.Cl. The van der Waals surface area contributed by atoms with E-state index >= 15 is 0 Å². The first kappa shape index (κ1) is 78.0. The molecule has 6 aliphatic carbocycles. The second kappa shape index (κ2) is 32.4. The number of nitrogens with zero attached hydrogens (tertiary/aromatic N) is 11. The third-order valence-corrected chi connectivity index (χ3v) is 21.9. The Labute approximate surface area is 612 Å². The van der Waals surface area contributed by atoms with Crippen molar-refractivity contribution in [3.63, 3.8) is 0 Å². The summed E-state index contributed by atoms with van der Waals surface area (Å²) >= 11 is 0. The van der Waals surface area contributed by atoms with Gasteiger partial charge in [0.1, 0.15) is 22.8 Å². The van der Waals surface area contributed by atoms with Crippen molar-refractivity contribution in [2.45, 2.75) is 243 Å². The fraction of sp³-hybridized carbons (Fsp3) is 0.658. The highest BCUT2D eigenvalue weighted by molar-refractivity contribution is 5.91. The molecule has 2 aromatic carbocycles. The number of nitrogens with one attached hydrogen (secondary N) is 3. The van der Waals surface area contributed by atoms with Crippen molar-refractivity contribution < 1.29 is 38.6 Å². The van der Waals surface area contributed by atoms with Crippen molar-refractivity contribution >= 4 is 60.1 Å². The molecule has 8 N–H and O–H groups in total. The lowest BCUT2D eigenvalue weighted by Crippen LogP contribution is -2.60. The molecule has 2 saturated heterocycles. The van der Waals surface area contributed by atoms with E-state index in [4.69, 9.17) is 16.2 Å². The van der Waals surface area contributed by atoms with E-state index < -0.39 is 51.8 Å². The van der Waals surface area contributed by atoms with Crippen LogP contribution in [0.3, 0.4) is 0 Å². The van der Waals surface area contributed by atoms with Crippen LogP contribution in [0.5, 0.6) is 0 Å². The number of urea groups is 2. The number of carboxylic acid groups (broad SMARTS) is 1. The van der Waals surface area contributed by atoms with Crippen molar-refractivity contribution in [2.24, 2.45) is 23.3 Å².